The zero-order valence-corrected chi connectivity index (χ0v) is 16.8. The highest BCUT2D eigenvalue weighted by molar-refractivity contribution is 5.23. The predicted octanol–water partition coefficient (Wildman–Crippen LogP) is 2.45. The van der Waals surface area contributed by atoms with Gasteiger partial charge in [0, 0.05) is 26.2 Å². The molecule has 9 nitrogen and oxygen atoms in total. The van der Waals surface area contributed by atoms with Gasteiger partial charge in [-0.25, -0.2) is 9.48 Å². The van der Waals surface area contributed by atoms with Crippen LogP contribution in [0.15, 0.2) is 39.6 Å². The van der Waals surface area contributed by atoms with E-state index in [2.05, 4.69) is 27.4 Å². The minimum Gasteiger partial charge on any atom is -0.374 e. The lowest BCUT2D eigenvalue weighted by molar-refractivity contribution is 0.0933. The number of hydrogen-bond donors (Lipinski definition) is 0. The van der Waals surface area contributed by atoms with Gasteiger partial charge in [0.15, 0.2) is 11.6 Å². The topological polar surface area (TPSA) is 97.2 Å². The molecule has 0 aliphatic carbocycles. The maximum Gasteiger partial charge on any atom is 0.346 e. The van der Waals surface area contributed by atoms with Gasteiger partial charge in [-0.3, -0.25) is 4.57 Å². The zero-order chi connectivity index (χ0) is 20.4. The van der Waals surface area contributed by atoms with Crippen molar-refractivity contribution in [1.82, 2.24) is 24.5 Å². The Balaban J connectivity index is 1.64. The van der Waals surface area contributed by atoms with Crippen LogP contribution < -0.4 is 5.69 Å². The van der Waals surface area contributed by atoms with E-state index in [4.69, 9.17) is 14.0 Å². The smallest absolute Gasteiger partial charge is 0.346 e. The van der Waals surface area contributed by atoms with Crippen LogP contribution in [-0.4, -0.2) is 38.2 Å². The number of ether oxygens (including phenoxy) is 2. The second-order valence-corrected chi connectivity index (χ2v) is 7.06. The molecule has 2 aromatic heterocycles. The molecular formula is C20H25N5O4. The molecule has 0 spiro atoms. The van der Waals surface area contributed by atoms with Gasteiger partial charge in [0.05, 0.1) is 0 Å². The molecule has 3 atom stereocenters. The monoisotopic (exact) mass is 399 g/mol. The lowest BCUT2D eigenvalue weighted by Gasteiger charge is -2.18. The number of aromatic nitrogens is 5. The summed E-state index contributed by atoms with van der Waals surface area (Å²) in [6.45, 7) is 4.99. The Hall–Kier alpha value is -2.78. The maximum atomic E-state index is 12.9. The van der Waals surface area contributed by atoms with E-state index >= 15 is 0 Å². The van der Waals surface area contributed by atoms with Crippen molar-refractivity contribution in [2.24, 2.45) is 0 Å². The molecule has 0 saturated carbocycles. The molecule has 1 saturated heterocycles. The van der Waals surface area contributed by atoms with Gasteiger partial charge in [0.2, 0.25) is 5.89 Å². The molecule has 1 aromatic carbocycles. The summed E-state index contributed by atoms with van der Waals surface area (Å²) in [7, 11) is 1.57. The van der Waals surface area contributed by atoms with Crippen LogP contribution >= 0.6 is 0 Å². The molecule has 3 aromatic rings. The van der Waals surface area contributed by atoms with Crippen molar-refractivity contribution in [2.45, 2.75) is 51.5 Å². The van der Waals surface area contributed by atoms with E-state index in [1.807, 2.05) is 32.0 Å². The largest absolute Gasteiger partial charge is 0.374 e. The van der Waals surface area contributed by atoms with Gasteiger partial charge < -0.3 is 14.0 Å². The molecular weight excluding hydrogens is 374 g/mol. The molecule has 1 aliphatic rings. The average Bonchev–Trinajstić information content (AvgIpc) is 3.48. The minimum absolute atomic E-state index is 0.102. The van der Waals surface area contributed by atoms with Crippen molar-refractivity contribution < 1.29 is 14.0 Å². The zero-order valence-electron chi connectivity index (χ0n) is 16.8. The first-order valence-electron chi connectivity index (χ1n) is 9.81. The molecule has 3 heterocycles. The van der Waals surface area contributed by atoms with Crippen molar-refractivity contribution >= 4 is 0 Å². The third kappa shape index (κ3) is 3.75. The lowest BCUT2D eigenvalue weighted by atomic mass is 9.92. The van der Waals surface area contributed by atoms with Crippen LogP contribution in [0.4, 0.5) is 0 Å². The summed E-state index contributed by atoms with van der Waals surface area (Å²) in [5, 5.41) is 8.50. The van der Waals surface area contributed by atoms with E-state index in [9.17, 15) is 4.79 Å². The van der Waals surface area contributed by atoms with E-state index in [1.54, 1.807) is 11.7 Å². The summed E-state index contributed by atoms with van der Waals surface area (Å²) in [6, 6.07) is 10.2. The average molecular weight is 399 g/mol. The quantitative estimate of drug-likeness (QED) is 0.602. The first-order chi connectivity index (χ1) is 14.1. The number of rotatable bonds is 7. The number of nitrogens with zero attached hydrogens (tertiary/aromatic N) is 5. The van der Waals surface area contributed by atoms with Crippen LogP contribution in [0.1, 0.15) is 61.5 Å². The molecule has 1 unspecified atom stereocenters. The Kier molecular flexibility index (Phi) is 5.59. The predicted molar refractivity (Wildman–Crippen MR) is 103 cm³/mol. The van der Waals surface area contributed by atoms with Crippen LogP contribution in [0.2, 0.25) is 0 Å². The highest BCUT2D eigenvalue weighted by Gasteiger charge is 2.35. The summed E-state index contributed by atoms with van der Waals surface area (Å²) in [4.78, 5) is 17.2. The van der Waals surface area contributed by atoms with Crippen LogP contribution in [0.5, 0.6) is 0 Å². The Labute approximate surface area is 168 Å². The van der Waals surface area contributed by atoms with Gasteiger partial charge >= 0.3 is 5.69 Å². The molecule has 1 aliphatic heterocycles. The first-order valence-corrected chi connectivity index (χ1v) is 9.81. The second-order valence-electron chi connectivity index (χ2n) is 7.06. The third-order valence-electron chi connectivity index (χ3n) is 5.33. The minimum atomic E-state index is -0.286. The molecule has 0 amide bonds. The van der Waals surface area contributed by atoms with Crippen LogP contribution in [-0.2, 0) is 22.6 Å². The van der Waals surface area contributed by atoms with E-state index in [-0.39, 0.29) is 30.4 Å². The number of methoxy groups -OCH3 is 1. The molecule has 4 rings (SSSR count). The Morgan fingerprint density at radius 2 is 2.10 bits per heavy atom. The molecule has 1 fully saturated rings. The summed E-state index contributed by atoms with van der Waals surface area (Å²) in [5.74, 6) is 1.54. The summed E-state index contributed by atoms with van der Waals surface area (Å²) in [6.07, 6.45) is 0.339. The first kappa shape index (κ1) is 19.5. The van der Waals surface area contributed by atoms with Gasteiger partial charge in [0.25, 0.3) is 0 Å². The SMILES string of the molecule is CCn1c([C@H]2OCC[C@H]2c2ccccc2)nn(Cc2nc(C(C)OC)no2)c1=O. The van der Waals surface area contributed by atoms with Gasteiger partial charge in [-0.1, -0.05) is 35.5 Å². The molecule has 154 valence electrons. The fourth-order valence-corrected chi connectivity index (χ4v) is 3.69. The maximum absolute atomic E-state index is 12.9. The third-order valence-corrected chi connectivity index (χ3v) is 5.33. The van der Waals surface area contributed by atoms with Crippen LogP contribution in [0, 0.1) is 0 Å². The normalized spacial score (nSPS) is 20.2. The lowest BCUT2D eigenvalue weighted by Crippen LogP contribution is -2.26. The Bertz CT molecular complexity index is 1010. The number of benzene rings is 1. The standard InChI is InChI=1S/C20H25N5O4/c1-4-24-19(17-15(10-11-28-17)14-8-6-5-7-9-14)22-25(20(24)26)12-16-21-18(23-29-16)13(2)27-3/h5-9,13,15,17H,4,10-12H2,1-3H3/t13?,15-,17-/m0/s1. The van der Waals surface area contributed by atoms with Crippen molar-refractivity contribution in [3.05, 3.63) is 63.9 Å². The van der Waals surface area contributed by atoms with E-state index in [1.165, 1.54) is 10.2 Å². The van der Waals surface area contributed by atoms with E-state index < -0.39 is 0 Å². The second kappa shape index (κ2) is 8.30. The molecule has 9 heteroatoms. The molecule has 0 radical (unpaired) electrons. The summed E-state index contributed by atoms with van der Waals surface area (Å²) in [5.41, 5.74) is 0.971. The molecule has 0 bridgehead atoms. The van der Waals surface area contributed by atoms with Gasteiger partial charge in [0.1, 0.15) is 18.8 Å². The summed E-state index contributed by atoms with van der Waals surface area (Å²) < 4.78 is 19.5. The molecule has 29 heavy (non-hydrogen) atoms. The van der Waals surface area contributed by atoms with Crippen molar-refractivity contribution in [3.8, 4) is 0 Å². The van der Waals surface area contributed by atoms with Crippen LogP contribution in [0.25, 0.3) is 0 Å². The Morgan fingerprint density at radius 3 is 2.83 bits per heavy atom. The number of hydrogen-bond acceptors (Lipinski definition) is 7. The van der Waals surface area contributed by atoms with Gasteiger partial charge in [-0.15, -0.1) is 0 Å². The van der Waals surface area contributed by atoms with Gasteiger partial charge in [-0.2, -0.15) is 10.1 Å². The summed E-state index contributed by atoms with van der Waals surface area (Å²) >= 11 is 0. The van der Waals surface area contributed by atoms with Crippen molar-refractivity contribution in [1.29, 1.82) is 0 Å². The highest BCUT2D eigenvalue weighted by Crippen LogP contribution is 2.40. The van der Waals surface area contributed by atoms with Crippen LogP contribution in [0.3, 0.4) is 0 Å². The van der Waals surface area contributed by atoms with Crippen molar-refractivity contribution in [3.63, 3.8) is 0 Å². The van der Waals surface area contributed by atoms with E-state index in [0.717, 1.165) is 6.42 Å². The fraction of sp³-hybridized carbons (Fsp3) is 0.500. The van der Waals surface area contributed by atoms with Crippen molar-refractivity contribution in [2.75, 3.05) is 13.7 Å². The van der Waals surface area contributed by atoms with Gasteiger partial charge in [-0.05, 0) is 25.8 Å². The Morgan fingerprint density at radius 1 is 1.31 bits per heavy atom. The molecule has 0 N–H and O–H groups in total. The highest BCUT2D eigenvalue weighted by atomic mass is 16.5. The fourth-order valence-electron chi connectivity index (χ4n) is 3.69. The van der Waals surface area contributed by atoms with E-state index in [0.29, 0.717) is 30.7 Å².